The van der Waals surface area contributed by atoms with E-state index >= 15 is 0 Å². The van der Waals surface area contributed by atoms with Crippen LogP contribution in [0.15, 0.2) is 11.5 Å². The summed E-state index contributed by atoms with van der Waals surface area (Å²) in [5, 5.41) is 4.73. The van der Waals surface area contributed by atoms with Gasteiger partial charge in [0.25, 0.3) is 5.95 Å². The van der Waals surface area contributed by atoms with Crippen molar-refractivity contribution in [1.29, 1.82) is 0 Å². The van der Waals surface area contributed by atoms with E-state index in [1.165, 1.54) is 22.8 Å². The van der Waals surface area contributed by atoms with Gasteiger partial charge in [-0.2, -0.15) is 19.6 Å². The van der Waals surface area contributed by atoms with Crippen LogP contribution in [0.3, 0.4) is 0 Å². The van der Waals surface area contributed by atoms with E-state index in [1.54, 1.807) is 16.7 Å². The highest BCUT2D eigenvalue weighted by atomic mass is 32.2. The number of carbonyl (C=O) groups is 1. The van der Waals surface area contributed by atoms with Gasteiger partial charge in [0, 0.05) is 28.2 Å². The third-order valence-electron chi connectivity index (χ3n) is 2.70. The van der Waals surface area contributed by atoms with Gasteiger partial charge in [-0.1, -0.05) is 11.8 Å². The van der Waals surface area contributed by atoms with Crippen LogP contribution < -0.4 is 9.80 Å². The molecule has 0 radical (unpaired) electrons. The molecule has 0 aromatic carbocycles. The molecule has 2 heterocycles. The molecule has 130 valence electrons. The molecule has 11 heteroatoms. The largest absolute Gasteiger partial charge is 0.465 e. The molecule has 2 aromatic rings. The zero-order chi connectivity index (χ0) is 17.7. The first-order valence-corrected chi connectivity index (χ1v) is 8.20. The third-order valence-corrected chi connectivity index (χ3v) is 3.53. The fraction of sp³-hybridized carbons (Fsp3) is 0.538. The van der Waals surface area contributed by atoms with Crippen LogP contribution in [0.25, 0.3) is 5.95 Å². The highest BCUT2D eigenvalue weighted by Crippen LogP contribution is 2.16. The van der Waals surface area contributed by atoms with Crippen molar-refractivity contribution in [2.75, 3.05) is 50.4 Å². The summed E-state index contributed by atoms with van der Waals surface area (Å²) in [6.07, 6.45) is 1.50. The summed E-state index contributed by atoms with van der Waals surface area (Å²) in [6.45, 7) is 2.12. The molecule has 0 saturated carbocycles. The summed E-state index contributed by atoms with van der Waals surface area (Å²) >= 11 is 1.20. The fourth-order valence-electron chi connectivity index (χ4n) is 1.58. The maximum Gasteiger partial charge on any atom is 0.316 e. The summed E-state index contributed by atoms with van der Waals surface area (Å²) in [7, 11) is 7.39. The number of hydrogen-bond donors (Lipinski definition) is 0. The molecule has 0 fully saturated rings. The van der Waals surface area contributed by atoms with Crippen molar-refractivity contribution >= 4 is 29.6 Å². The number of esters is 1. The second-order valence-corrected chi connectivity index (χ2v) is 6.03. The SMILES string of the molecule is CCOC(=O)CSc1ncn(-c2nc(N(C)C)nc(N(C)C)n2)n1. The van der Waals surface area contributed by atoms with Gasteiger partial charge in [-0.05, 0) is 6.92 Å². The van der Waals surface area contributed by atoms with E-state index in [-0.39, 0.29) is 11.7 Å². The Morgan fingerprint density at radius 1 is 1.17 bits per heavy atom. The molecule has 2 rings (SSSR count). The number of nitrogens with zero attached hydrogens (tertiary/aromatic N) is 8. The number of thioether (sulfide) groups is 1. The van der Waals surface area contributed by atoms with Gasteiger partial charge in [0.05, 0.1) is 12.4 Å². The topological polar surface area (TPSA) is 102 Å². The second-order valence-electron chi connectivity index (χ2n) is 5.09. The molecule has 0 amide bonds. The van der Waals surface area contributed by atoms with Crippen LogP contribution in [0.5, 0.6) is 0 Å². The summed E-state index contributed by atoms with van der Waals surface area (Å²) < 4.78 is 6.33. The Morgan fingerprint density at radius 2 is 1.79 bits per heavy atom. The molecule has 0 aliphatic carbocycles. The highest BCUT2D eigenvalue weighted by Gasteiger charge is 2.13. The average Bonchev–Trinajstić information content (AvgIpc) is 3.01. The normalized spacial score (nSPS) is 10.5. The summed E-state index contributed by atoms with van der Waals surface area (Å²) in [5.74, 6) is 1.23. The Balaban J connectivity index is 2.21. The van der Waals surface area contributed by atoms with E-state index in [1.807, 2.05) is 28.2 Å². The quantitative estimate of drug-likeness (QED) is 0.508. The first-order chi connectivity index (χ1) is 11.4. The van der Waals surface area contributed by atoms with Gasteiger partial charge in [0.15, 0.2) is 0 Å². The lowest BCUT2D eigenvalue weighted by Gasteiger charge is -2.15. The van der Waals surface area contributed by atoms with Gasteiger partial charge in [-0.3, -0.25) is 4.79 Å². The van der Waals surface area contributed by atoms with Crippen molar-refractivity contribution in [2.24, 2.45) is 0 Å². The third kappa shape index (κ3) is 4.54. The van der Waals surface area contributed by atoms with Crippen LogP contribution in [0.2, 0.25) is 0 Å². The van der Waals surface area contributed by atoms with E-state index in [0.29, 0.717) is 29.6 Å². The van der Waals surface area contributed by atoms with Crippen LogP contribution in [0.4, 0.5) is 11.9 Å². The Labute approximate surface area is 144 Å². The van der Waals surface area contributed by atoms with E-state index in [0.717, 1.165) is 0 Å². The lowest BCUT2D eigenvalue weighted by atomic mass is 10.7. The van der Waals surface area contributed by atoms with Gasteiger partial charge < -0.3 is 14.5 Å². The molecular formula is C13H20N8O2S. The molecule has 0 N–H and O–H groups in total. The first kappa shape index (κ1) is 17.9. The van der Waals surface area contributed by atoms with Crippen molar-refractivity contribution in [2.45, 2.75) is 12.1 Å². The van der Waals surface area contributed by atoms with Crippen LogP contribution in [-0.2, 0) is 9.53 Å². The highest BCUT2D eigenvalue weighted by molar-refractivity contribution is 7.99. The fourth-order valence-corrected chi connectivity index (χ4v) is 2.18. The summed E-state index contributed by atoms with van der Waals surface area (Å²) in [4.78, 5) is 32.2. The molecule has 0 unspecified atom stereocenters. The molecule has 0 atom stereocenters. The van der Waals surface area contributed by atoms with Crippen LogP contribution in [0.1, 0.15) is 6.92 Å². The Morgan fingerprint density at radius 3 is 2.33 bits per heavy atom. The second kappa shape index (κ2) is 7.90. The van der Waals surface area contributed by atoms with E-state index in [4.69, 9.17) is 4.74 Å². The number of aromatic nitrogens is 6. The number of ether oxygens (including phenoxy) is 1. The average molecular weight is 352 g/mol. The minimum Gasteiger partial charge on any atom is -0.465 e. The zero-order valence-electron chi connectivity index (χ0n) is 14.3. The number of carbonyl (C=O) groups excluding carboxylic acids is 1. The van der Waals surface area contributed by atoms with Crippen LogP contribution in [0, 0.1) is 0 Å². The van der Waals surface area contributed by atoms with Crippen molar-refractivity contribution in [3.05, 3.63) is 6.33 Å². The molecule has 0 saturated heterocycles. The van der Waals surface area contributed by atoms with Crippen molar-refractivity contribution in [3.8, 4) is 5.95 Å². The predicted molar refractivity (Wildman–Crippen MR) is 90.8 cm³/mol. The Hall–Kier alpha value is -2.43. The van der Waals surface area contributed by atoms with E-state index < -0.39 is 0 Å². The van der Waals surface area contributed by atoms with Crippen LogP contribution >= 0.6 is 11.8 Å². The predicted octanol–water partition coefficient (Wildman–Crippen LogP) is 0.239. The molecule has 24 heavy (non-hydrogen) atoms. The lowest BCUT2D eigenvalue weighted by molar-refractivity contribution is -0.139. The van der Waals surface area contributed by atoms with Gasteiger partial charge in [-0.25, -0.2) is 4.98 Å². The molecule has 0 bridgehead atoms. The molecular weight excluding hydrogens is 332 g/mol. The van der Waals surface area contributed by atoms with Gasteiger partial charge in [0.1, 0.15) is 6.33 Å². The molecule has 2 aromatic heterocycles. The van der Waals surface area contributed by atoms with Crippen molar-refractivity contribution in [1.82, 2.24) is 29.7 Å². The summed E-state index contributed by atoms with van der Waals surface area (Å²) in [5.41, 5.74) is 0. The monoisotopic (exact) mass is 352 g/mol. The van der Waals surface area contributed by atoms with Crippen LogP contribution in [-0.4, -0.2) is 76.2 Å². The van der Waals surface area contributed by atoms with Crippen molar-refractivity contribution < 1.29 is 9.53 Å². The maximum atomic E-state index is 11.4. The molecule has 10 nitrogen and oxygen atoms in total. The smallest absolute Gasteiger partial charge is 0.316 e. The minimum atomic E-state index is -0.302. The molecule has 0 spiro atoms. The minimum absolute atomic E-state index is 0.154. The Kier molecular flexibility index (Phi) is 5.90. The Bertz CT molecular complexity index is 677. The molecule has 0 aliphatic rings. The maximum absolute atomic E-state index is 11.4. The van der Waals surface area contributed by atoms with Gasteiger partial charge in [0.2, 0.25) is 17.1 Å². The zero-order valence-corrected chi connectivity index (χ0v) is 15.1. The number of anilines is 2. The molecule has 0 aliphatic heterocycles. The number of hydrogen-bond acceptors (Lipinski definition) is 10. The summed E-state index contributed by atoms with van der Waals surface area (Å²) in [6, 6.07) is 0. The van der Waals surface area contributed by atoms with Crippen molar-refractivity contribution in [3.63, 3.8) is 0 Å². The first-order valence-electron chi connectivity index (χ1n) is 7.22. The lowest BCUT2D eigenvalue weighted by Crippen LogP contribution is -2.20. The van der Waals surface area contributed by atoms with Gasteiger partial charge >= 0.3 is 5.97 Å². The van der Waals surface area contributed by atoms with E-state index in [2.05, 4.69) is 25.0 Å². The number of rotatable bonds is 7. The van der Waals surface area contributed by atoms with E-state index in [9.17, 15) is 4.79 Å². The van der Waals surface area contributed by atoms with Gasteiger partial charge in [-0.15, -0.1) is 5.10 Å². The standard InChI is InChI=1S/C13H20N8O2S/c1-6-23-9(22)7-24-13-14-8-21(18-13)12-16-10(19(2)3)15-11(17-12)20(4)5/h8H,6-7H2,1-5H3.